The predicted molar refractivity (Wildman–Crippen MR) is 121 cm³/mol. The van der Waals surface area contributed by atoms with E-state index in [1.165, 1.54) is 18.2 Å². The average molecular weight is 539 g/mol. The summed E-state index contributed by atoms with van der Waals surface area (Å²) in [7, 11) is 0. The van der Waals surface area contributed by atoms with E-state index in [0.29, 0.717) is 28.8 Å². The number of hydrogen-bond acceptors (Lipinski definition) is 3. The summed E-state index contributed by atoms with van der Waals surface area (Å²) in [5.74, 6) is 0.107. The van der Waals surface area contributed by atoms with E-state index < -0.39 is 6.61 Å². The molecule has 0 saturated heterocycles. The van der Waals surface area contributed by atoms with Crippen LogP contribution in [-0.4, -0.2) is 31.6 Å². The molecule has 0 heterocycles. The number of amides is 1. The topological polar surface area (TPSA) is 74.8 Å². The number of carbonyl (C=O) groups is 1. The second kappa shape index (κ2) is 13.2. The maximum Gasteiger partial charge on any atom is 0.387 e. The van der Waals surface area contributed by atoms with E-state index >= 15 is 0 Å². The van der Waals surface area contributed by atoms with Gasteiger partial charge in [-0.05, 0) is 37.3 Å². The second-order valence-corrected chi connectivity index (χ2v) is 6.03. The molecule has 3 N–H and O–H groups in total. The number of ether oxygens (including phenoxy) is 1. The van der Waals surface area contributed by atoms with Crippen molar-refractivity contribution in [1.82, 2.24) is 10.6 Å². The number of rotatable bonds is 8. The number of alkyl halides is 2. The summed E-state index contributed by atoms with van der Waals surface area (Å²) in [4.78, 5) is 16.3. The van der Waals surface area contributed by atoms with E-state index in [2.05, 4.69) is 25.7 Å². The molecular weight excluding hydrogens is 517 g/mol. The number of anilines is 1. The Balaban J connectivity index is 0.00000420. The van der Waals surface area contributed by atoms with Crippen molar-refractivity contribution in [3.05, 3.63) is 59.1 Å². The van der Waals surface area contributed by atoms with Crippen LogP contribution < -0.4 is 20.7 Å². The molecule has 6 nitrogen and oxygen atoms in total. The predicted octanol–water partition coefficient (Wildman–Crippen LogP) is 4.25. The number of benzene rings is 2. The van der Waals surface area contributed by atoms with Crippen LogP contribution in [0.5, 0.6) is 5.75 Å². The van der Waals surface area contributed by atoms with E-state index in [1.54, 1.807) is 12.1 Å². The Morgan fingerprint density at radius 1 is 1.17 bits per heavy atom. The molecule has 0 fully saturated rings. The number of nitrogens with zero attached hydrogens (tertiary/aromatic N) is 1. The van der Waals surface area contributed by atoms with Crippen LogP contribution in [0.4, 0.5) is 14.5 Å². The zero-order valence-corrected chi connectivity index (χ0v) is 18.7. The number of hydrogen-bond donors (Lipinski definition) is 3. The summed E-state index contributed by atoms with van der Waals surface area (Å²) >= 11 is 5.93. The average Bonchev–Trinajstić information content (AvgIpc) is 2.66. The third-order valence-electron chi connectivity index (χ3n) is 3.46. The van der Waals surface area contributed by atoms with Gasteiger partial charge < -0.3 is 20.7 Å². The Morgan fingerprint density at radius 3 is 2.55 bits per heavy atom. The number of halogens is 4. The molecule has 0 aromatic heterocycles. The smallest absolute Gasteiger partial charge is 0.387 e. The summed E-state index contributed by atoms with van der Waals surface area (Å²) in [6.07, 6.45) is 0. The van der Waals surface area contributed by atoms with Crippen LogP contribution in [0.1, 0.15) is 12.5 Å². The van der Waals surface area contributed by atoms with Crippen LogP contribution in [0.25, 0.3) is 0 Å². The van der Waals surface area contributed by atoms with Gasteiger partial charge in [0.1, 0.15) is 5.75 Å². The van der Waals surface area contributed by atoms with Crippen LogP contribution in [0, 0.1) is 0 Å². The Kier molecular flexibility index (Phi) is 11.3. The molecule has 0 aliphatic carbocycles. The van der Waals surface area contributed by atoms with Gasteiger partial charge in [0.2, 0.25) is 5.91 Å². The highest BCUT2D eigenvalue weighted by atomic mass is 127. The first-order valence-corrected chi connectivity index (χ1v) is 8.96. The zero-order chi connectivity index (χ0) is 20.4. The molecule has 2 rings (SSSR count). The molecule has 0 unspecified atom stereocenters. The number of para-hydroxylation sites is 1. The first kappa shape index (κ1) is 24.9. The number of aliphatic imine (C=N–C) groups is 1. The number of guanidine groups is 1. The van der Waals surface area contributed by atoms with E-state index in [4.69, 9.17) is 11.6 Å². The van der Waals surface area contributed by atoms with Gasteiger partial charge in [-0.1, -0.05) is 29.8 Å². The minimum atomic E-state index is -2.95. The van der Waals surface area contributed by atoms with Gasteiger partial charge in [-0.15, -0.1) is 24.0 Å². The molecule has 2 aromatic rings. The molecule has 0 bridgehead atoms. The quantitative estimate of drug-likeness (QED) is 0.267. The van der Waals surface area contributed by atoms with Crippen LogP contribution in [0.15, 0.2) is 53.5 Å². The van der Waals surface area contributed by atoms with E-state index in [0.717, 1.165) is 0 Å². The minimum Gasteiger partial charge on any atom is -0.434 e. The van der Waals surface area contributed by atoms with Crippen LogP contribution >= 0.6 is 35.6 Å². The Hall–Kier alpha value is -2.14. The Labute approximate surface area is 190 Å². The highest BCUT2D eigenvalue weighted by molar-refractivity contribution is 14.0. The number of carbonyl (C=O) groups excluding carboxylic acids is 1. The summed E-state index contributed by atoms with van der Waals surface area (Å²) in [5.41, 5.74) is 1.09. The molecular formula is C19H22ClF2IN4O2. The molecule has 0 saturated carbocycles. The maximum atomic E-state index is 12.5. The molecule has 0 atom stereocenters. The standard InChI is InChI=1S/C19H21ClF2N4O2.HI/c1-2-23-19(25-12-17(27)26-15-6-4-3-5-7-15)24-11-13-10-14(20)8-9-16(13)28-18(21)22;/h3-10,18H,2,11-12H2,1H3,(H,26,27)(H2,23,24,25);1H. The lowest BCUT2D eigenvalue weighted by atomic mass is 10.2. The SMILES string of the molecule is CCNC(=NCc1cc(Cl)ccc1OC(F)F)NCC(=O)Nc1ccccc1.I. The van der Waals surface area contributed by atoms with Gasteiger partial charge in [-0.3, -0.25) is 4.79 Å². The van der Waals surface area contributed by atoms with Crippen molar-refractivity contribution in [2.75, 3.05) is 18.4 Å². The first-order chi connectivity index (χ1) is 13.5. The van der Waals surface area contributed by atoms with Gasteiger partial charge in [0.25, 0.3) is 0 Å². The van der Waals surface area contributed by atoms with Gasteiger partial charge in [-0.25, -0.2) is 4.99 Å². The van der Waals surface area contributed by atoms with Crippen molar-refractivity contribution >= 4 is 53.1 Å². The Bertz CT molecular complexity index is 810. The van der Waals surface area contributed by atoms with Crippen molar-refractivity contribution in [3.63, 3.8) is 0 Å². The lowest BCUT2D eigenvalue weighted by Crippen LogP contribution is -2.41. The van der Waals surface area contributed by atoms with Crippen LogP contribution in [0.3, 0.4) is 0 Å². The minimum absolute atomic E-state index is 0. The van der Waals surface area contributed by atoms with Crippen molar-refractivity contribution in [3.8, 4) is 5.75 Å². The summed E-state index contributed by atoms with van der Waals surface area (Å²) in [6, 6.07) is 13.4. The summed E-state index contributed by atoms with van der Waals surface area (Å²) in [6.45, 7) is -0.500. The highest BCUT2D eigenvalue weighted by Crippen LogP contribution is 2.25. The normalized spacial score (nSPS) is 10.9. The highest BCUT2D eigenvalue weighted by Gasteiger charge is 2.11. The Morgan fingerprint density at radius 2 is 1.90 bits per heavy atom. The van der Waals surface area contributed by atoms with Crippen molar-refractivity contribution in [1.29, 1.82) is 0 Å². The molecule has 0 aliphatic rings. The van der Waals surface area contributed by atoms with Crippen LogP contribution in [0.2, 0.25) is 5.02 Å². The molecule has 2 aromatic carbocycles. The van der Waals surface area contributed by atoms with Gasteiger partial charge in [0.15, 0.2) is 5.96 Å². The lowest BCUT2D eigenvalue weighted by molar-refractivity contribution is -0.115. The fourth-order valence-electron chi connectivity index (χ4n) is 2.28. The largest absolute Gasteiger partial charge is 0.434 e. The monoisotopic (exact) mass is 538 g/mol. The van der Waals surface area contributed by atoms with Gasteiger partial charge in [0.05, 0.1) is 13.1 Å². The maximum absolute atomic E-state index is 12.5. The fourth-order valence-corrected chi connectivity index (χ4v) is 2.47. The van der Waals surface area contributed by atoms with Gasteiger partial charge in [-0.2, -0.15) is 8.78 Å². The third kappa shape index (κ3) is 9.27. The molecule has 0 spiro atoms. The lowest BCUT2D eigenvalue weighted by Gasteiger charge is -2.13. The molecule has 0 radical (unpaired) electrons. The summed E-state index contributed by atoms with van der Waals surface area (Å²) in [5, 5.41) is 9.00. The zero-order valence-electron chi connectivity index (χ0n) is 15.6. The van der Waals surface area contributed by atoms with Gasteiger partial charge in [0, 0.05) is 22.8 Å². The van der Waals surface area contributed by atoms with Crippen LogP contribution in [-0.2, 0) is 11.3 Å². The summed E-state index contributed by atoms with van der Waals surface area (Å²) < 4.78 is 29.6. The third-order valence-corrected chi connectivity index (χ3v) is 3.70. The second-order valence-electron chi connectivity index (χ2n) is 5.59. The van der Waals surface area contributed by atoms with Crippen molar-refractivity contribution < 1.29 is 18.3 Å². The first-order valence-electron chi connectivity index (χ1n) is 8.58. The van der Waals surface area contributed by atoms with Crippen molar-refractivity contribution in [2.45, 2.75) is 20.1 Å². The van der Waals surface area contributed by atoms with E-state index in [9.17, 15) is 13.6 Å². The van der Waals surface area contributed by atoms with E-state index in [1.807, 2.05) is 25.1 Å². The number of nitrogens with one attached hydrogen (secondary N) is 3. The molecule has 10 heteroatoms. The van der Waals surface area contributed by atoms with E-state index in [-0.39, 0.29) is 48.7 Å². The van der Waals surface area contributed by atoms with Crippen molar-refractivity contribution in [2.24, 2.45) is 4.99 Å². The molecule has 1 amide bonds. The fraction of sp³-hybridized carbons (Fsp3) is 0.263. The molecule has 29 heavy (non-hydrogen) atoms. The molecule has 158 valence electrons. The molecule has 0 aliphatic heterocycles. The van der Waals surface area contributed by atoms with Gasteiger partial charge >= 0.3 is 6.61 Å².